The lowest BCUT2D eigenvalue weighted by molar-refractivity contribution is -0.121. The van der Waals surface area contributed by atoms with Crippen LogP contribution in [0.3, 0.4) is 0 Å². The summed E-state index contributed by atoms with van der Waals surface area (Å²) in [5.41, 5.74) is -5.25. The number of aliphatic imine (C=N–C) groups is 1. The summed E-state index contributed by atoms with van der Waals surface area (Å²) < 4.78 is 61.1. The normalized spacial score (nSPS) is 19.4. The van der Waals surface area contributed by atoms with E-state index in [1.54, 1.807) is 7.05 Å². The average molecular weight is 555 g/mol. The molecule has 0 unspecified atom stereocenters. The topological polar surface area (TPSA) is 103 Å². The number of nitrogens with one attached hydrogen (secondary N) is 3. The summed E-state index contributed by atoms with van der Waals surface area (Å²) in [6.45, 7) is 0.772. The minimum atomic E-state index is -5.25. The molecule has 1 aliphatic carbocycles. The zero-order chi connectivity index (χ0) is 20.8. The zero-order valence-corrected chi connectivity index (χ0v) is 19.4. The Morgan fingerprint density at radius 3 is 2.28 bits per heavy atom. The number of rotatable bonds is 8. The van der Waals surface area contributed by atoms with Gasteiger partial charge < -0.3 is 16.0 Å². The Morgan fingerprint density at radius 1 is 1.14 bits per heavy atom. The summed E-state index contributed by atoms with van der Waals surface area (Å²) in [4.78, 5) is 15.7. The van der Waals surface area contributed by atoms with Crippen LogP contribution in [-0.2, 0) is 14.8 Å². The molecular weight excluding hydrogens is 526 g/mol. The summed E-state index contributed by atoms with van der Waals surface area (Å²) >= 11 is 0. The molecule has 1 amide bonds. The largest absolute Gasteiger partial charge is 0.511 e. The van der Waals surface area contributed by atoms with Crippen LogP contribution in [0.15, 0.2) is 4.99 Å². The number of guanidine groups is 1. The highest BCUT2D eigenvalue weighted by atomic mass is 127. The number of piperidine rings is 1. The maximum atomic E-state index is 12.6. The van der Waals surface area contributed by atoms with Gasteiger partial charge in [0.15, 0.2) is 5.96 Å². The van der Waals surface area contributed by atoms with E-state index >= 15 is 0 Å². The van der Waals surface area contributed by atoms with E-state index in [1.807, 2.05) is 0 Å². The number of halogens is 4. The van der Waals surface area contributed by atoms with E-state index in [1.165, 1.54) is 0 Å². The van der Waals surface area contributed by atoms with Crippen molar-refractivity contribution < 1.29 is 26.4 Å². The van der Waals surface area contributed by atoms with E-state index in [9.17, 15) is 26.4 Å². The number of hydrogen-bond donors (Lipinski definition) is 3. The average Bonchev–Trinajstić information content (AvgIpc) is 3.44. The van der Waals surface area contributed by atoms with Gasteiger partial charge in [0.05, 0.1) is 0 Å². The van der Waals surface area contributed by atoms with Crippen molar-refractivity contribution in [1.82, 2.24) is 20.3 Å². The lowest BCUT2D eigenvalue weighted by atomic mass is 9.98. The molecule has 3 N–H and O–H groups in total. The van der Waals surface area contributed by atoms with Crippen LogP contribution in [0.25, 0.3) is 0 Å². The zero-order valence-electron chi connectivity index (χ0n) is 16.3. The first-order valence-corrected chi connectivity index (χ1v) is 10.9. The van der Waals surface area contributed by atoms with Gasteiger partial charge in [0, 0.05) is 45.7 Å². The fraction of sp³-hybridized carbons (Fsp3) is 0.875. The maximum absolute atomic E-state index is 12.6. The molecule has 0 radical (unpaired) electrons. The first kappa shape index (κ1) is 26.2. The lowest BCUT2D eigenvalue weighted by Gasteiger charge is -2.31. The SMILES string of the molecule is CN=C(NCCCC(=O)NC1CC1)NCC1CCN(S(=O)(=O)C(F)(F)F)CC1.I. The van der Waals surface area contributed by atoms with Gasteiger partial charge >= 0.3 is 15.5 Å². The summed E-state index contributed by atoms with van der Waals surface area (Å²) in [6.07, 6.45) is 3.91. The smallest absolute Gasteiger partial charge is 0.356 e. The monoisotopic (exact) mass is 555 g/mol. The highest BCUT2D eigenvalue weighted by Gasteiger charge is 2.50. The minimum Gasteiger partial charge on any atom is -0.356 e. The molecule has 0 aromatic heterocycles. The molecule has 2 fully saturated rings. The molecule has 1 saturated carbocycles. The molecule has 0 aromatic rings. The quantitative estimate of drug-likeness (QED) is 0.182. The van der Waals surface area contributed by atoms with Crippen molar-refractivity contribution in [3.05, 3.63) is 0 Å². The molecule has 1 saturated heterocycles. The molecular formula is C16H29F3IN5O3S. The standard InChI is InChI=1S/C16H28F3N5O3S.HI/c1-20-15(21-8-2-3-14(25)23-13-4-5-13)22-11-12-6-9-24(10-7-12)28(26,27)16(17,18)19;/h12-13H,2-11H2,1H3,(H,23,25)(H2,20,21,22);1H. The first-order valence-electron chi connectivity index (χ1n) is 9.43. The second-order valence-corrected chi connectivity index (χ2v) is 9.05. The molecule has 0 atom stereocenters. The third kappa shape index (κ3) is 8.44. The maximum Gasteiger partial charge on any atom is 0.511 e. The highest BCUT2D eigenvalue weighted by Crippen LogP contribution is 2.30. The van der Waals surface area contributed by atoms with Crippen LogP contribution in [0, 0.1) is 5.92 Å². The van der Waals surface area contributed by atoms with E-state index < -0.39 is 15.5 Å². The molecule has 0 spiro atoms. The number of amides is 1. The van der Waals surface area contributed by atoms with Crippen molar-refractivity contribution in [2.75, 3.05) is 33.2 Å². The highest BCUT2D eigenvalue weighted by molar-refractivity contribution is 14.0. The first-order chi connectivity index (χ1) is 13.1. The molecule has 0 aromatic carbocycles. The van der Waals surface area contributed by atoms with Gasteiger partial charge in [-0.15, -0.1) is 24.0 Å². The van der Waals surface area contributed by atoms with Crippen LogP contribution < -0.4 is 16.0 Å². The van der Waals surface area contributed by atoms with Gasteiger partial charge in [-0.2, -0.15) is 17.5 Å². The third-order valence-corrected chi connectivity index (χ3v) is 6.43. The Kier molecular flexibility index (Phi) is 10.4. The summed E-state index contributed by atoms with van der Waals surface area (Å²) in [6, 6.07) is 0.354. The Labute approximate surface area is 186 Å². The number of nitrogens with zero attached hydrogens (tertiary/aromatic N) is 2. The van der Waals surface area contributed by atoms with Crippen LogP contribution >= 0.6 is 24.0 Å². The number of carbonyl (C=O) groups excluding carboxylic acids is 1. The molecule has 13 heteroatoms. The Balaban J connectivity index is 0.00000420. The van der Waals surface area contributed by atoms with Crippen molar-refractivity contribution in [1.29, 1.82) is 0 Å². The van der Waals surface area contributed by atoms with Gasteiger partial charge in [-0.3, -0.25) is 9.79 Å². The van der Waals surface area contributed by atoms with E-state index in [4.69, 9.17) is 0 Å². The predicted octanol–water partition coefficient (Wildman–Crippen LogP) is 1.39. The van der Waals surface area contributed by atoms with Crippen LogP contribution in [-0.4, -0.2) is 69.4 Å². The Bertz CT molecular complexity index is 663. The van der Waals surface area contributed by atoms with Crippen molar-refractivity contribution >= 4 is 45.9 Å². The molecule has 2 rings (SSSR count). The van der Waals surface area contributed by atoms with Crippen molar-refractivity contribution in [3.63, 3.8) is 0 Å². The van der Waals surface area contributed by atoms with Gasteiger partial charge in [-0.1, -0.05) is 0 Å². The van der Waals surface area contributed by atoms with Crippen molar-refractivity contribution in [2.45, 2.75) is 50.1 Å². The van der Waals surface area contributed by atoms with E-state index in [0.29, 0.717) is 55.1 Å². The van der Waals surface area contributed by atoms with Gasteiger partial charge in [0.25, 0.3) is 0 Å². The molecule has 0 bridgehead atoms. The predicted molar refractivity (Wildman–Crippen MR) is 114 cm³/mol. The van der Waals surface area contributed by atoms with E-state index in [2.05, 4.69) is 20.9 Å². The molecule has 2 aliphatic rings. The van der Waals surface area contributed by atoms with Crippen molar-refractivity contribution in [2.24, 2.45) is 10.9 Å². The van der Waals surface area contributed by atoms with Crippen LogP contribution in [0.2, 0.25) is 0 Å². The van der Waals surface area contributed by atoms with Crippen LogP contribution in [0.5, 0.6) is 0 Å². The van der Waals surface area contributed by atoms with Crippen LogP contribution in [0.4, 0.5) is 13.2 Å². The fourth-order valence-electron chi connectivity index (χ4n) is 2.95. The van der Waals surface area contributed by atoms with Gasteiger partial charge in [-0.05, 0) is 38.0 Å². The minimum absolute atomic E-state index is 0. The summed E-state index contributed by atoms with van der Waals surface area (Å²) in [5, 5.41) is 9.11. The van der Waals surface area contributed by atoms with E-state index in [0.717, 1.165) is 12.8 Å². The van der Waals surface area contributed by atoms with Gasteiger partial charge in [-0.25, -0.2) is 8.42 Å². The third-order valence-electron chi connectivity index (χ3n) is 4.80. The van der Waals surface area contributed by atoms with Gasteiger partial charge in [0.2, 0.25) is 5.91 Å². The fourth-order valence-corrected chi connectivity index (χ4v) is 3.93. The number of hydrogen-bond acceptors (Lipinski definition) is 4. The Morgan fingerprint density at radius 2 is 1.76 bits per heavy atom. The number of alkyl halides is 3. The lowest BCUT2D eigenvalue weighted by Crippen LogP contribution is -2.47. The molecule has 1 aliphatic heterocycles. The van der Waals surface area contributed by atoms with Crippen LogP contribution in [0.1, 0.15) is 38.5 Å². The molecule has 29 heavy (non-hydrogen) atoms. The molecule has 1 heterocycles. The van der Waals surface area contributed by atoms with E-state index in [-0.39, 0.29) is 48.9 Å². The summed E-state index contributed by atoms with van der Waals surface area (Å²) in [7, 11) is -3.64. The second-order valence-electron chi connectivity index (χ2n) is 7.12. The summed E-state index contributed by atoms with van der Waals surface area (Å²) in [5.74, 6) is 0.656. The number of carbonyl (C=O) groups is 1. The van der Waals surface area contributed by atoms with Gasteiger partial charge in [0.1, 0.15) is 0 Å². The molecule has 8 nitrogen and oxygen atoms in total. The Hall–Kier alpha value is -0.830. The van der Waals surface area contributed by atoms with Crippen molar-refractivity contribution in [3.8, 4) is 0 Å². The second kappa shape index (κ2) is 11.5. The number of sulfonamides is 1. The molecule has 170 valence electrons.